The number of nitrogens with zero attached hydrogens (tertiary/aromatic N) is 4. The summed E-state index contributed by atoms with van der Waals surface area (Å²) >= 11 is 0. The molecule has 2 aliphatic rings. The number of aromatic amines is 2. The fourth-order valence-corrected chi connectivity index (χ4v) is 3.79. The minimum Gasteiger partial charge on any atom is -0.356 e. The number of rotatable bonds is 2. The number of H-pyrrole nitrogens is 2. The van der Waals surface area contributed by atoms with Crippen LogP contribution in [0.15, 0.2) is 17.3 Å². The van der Waals surface area contributed by atoms with Crippen LogP contribution in [0, 0.1) is 25.7 Å². The molecule has 1 amide bonds. The number of carbonyl (C=O) groups is 1. The molecule has 8 heteroatoms. The molecule has 0 saturated carbocycles. The highest BCUT2D eigenvalue weighted by Gasteiger charge is 2.42. The molecular weight excluding hydrogens is 308 g/mol. The Hall–Kier alpha value is -2.64. The van der Waals surface area contributed by atoms with E-state index in [4.69, 9.17) is 0 Å². The highest BCUT2D eigenvalue weighted by atomic mass is 16.2. The van der Waals surface area contributed by atoms with Crippen LogP contribution in [0.3, 0.4) is 0 Å². The minimum absolute atomic E-state index is 0.108. The molecule has 4 rings (SSSR count). The van der Waals surface area contributed by atoms with Gasteiger partial charge in [-0.25, -0.2) is 14.8 Å². The quantitative estimate of drug-likeness (QED) is 0.827. The lowest BCUT2D eigenvalue weighted by Gasteiger charge is -2.23. The van der Waals surface area contributed by atoms with Crippen LogP contribution in [0.5, 0.6) is 0 Å². The fraction of sp³-hybridized carbons (Fsp3) is 0.500. The van der Waals surface area contributed by atoms with Gasteiger partial charge in [0, 0.05) is 55.5 Å². The number of nitrogens with one attached hydrogen (secondary N) is 2. The largest absolute Gasteiger partial charge is 0.356 e. The van der Waals surface area contributed by atoms with Gasteiger partial charge in [0.1, 0.15) is 17.8 Å². The highest BCUT2D eigenvalue weighted by molar-refractivity contribution is 5.92. The standard InChI is InChI=1S/C16H20N6O2/c1-9-10(2)18-8-19-14(9)21-4-11-6-22(7-12(11)5-21)15(23)13-3-17-16(24)20-13/h3,8,11-12H,4-7H2,1-2H3,(H2,17,20,24). The fourth-order valence-electron chi connectivity index (χ4n) is 3.79. The van der Waals surface area contributed by atoms with Crippen LogP contribution in [0.4, 0.5) is 5.82 Å². The Labute approximate surface area is 138 Å². The van der Waals surface area contributed by atoms with Gasteiger partial charge in [0.15, 0.2) is 0 Å². The maximum absolute atomic E-state index is 12.4. The van der Waals surface area contributed by atoms with E-state index < -0.39 is 0 Å². The van der Waals surface area contributed by atoms with Gasteiger partial charge >= 0.3 is 5.69 Å². The van der Waals surface area contributed by atoms with Gasteiger partial charge in [0.2, 0.25) is 0 Å². The number of hydrogen-bond donors (Lipinski definition) is 2. The molecule has 126 valence electrons. The van der Waals surface area contributed by atoms with E-state index in [1.807, 2.05) is 11.8 Å². The number of likely N-dealkylation sites (tertiary alicyclic amines) is 1. The average Bonchev–Trinajstić information content (AvgIpc) is 3.23. The van der Waals surface area contributed by atoms with Crippen LogP contribution in [-0.2, 0) is 0 Å². The SMILES string of the molecule is Cc1ncnc(N2CC3CN(C(=O)c4c[nH]c(=O)[nH]4)CC3C2)c1C. The van der Waals surface area contributed by atoms with E-state index in [2.05, 4.69) is 31.8 Å². The van der Waals surface area contributed by atoms with E-state index in [0.717, 1.165) is 43.3 Å². The number of aromatic nitrogens is 4. The third-order valence-electron chi connectivity index (χ3n) is 5.21. The van der Waals surface area contributed by atoms with Crippen molar-refractivity contribution in [2.45, 2.75) is 13.8 Å². The second kappa shape index (κ2) is 5.47. The maximum Gasteiger partial charge on any atom is 0.323 e. The Balaban J connectivity index is 1.46. The molecule has 0 bridgehead atoms. The first kappa shape index (κ1) is 14.9. The van der Waals surface area contributed by atoms with Crippen LogP contribution in [-0.4, -0.2) is 56.9 Å². The number of carbonyl (C=O) groups excluding carboxylic acids is 1. The van der Waals surface area contributed by atoms with Gasteiger partial charge in [0.25, 0.3) is 5.91 Å². The first-order chi connectivity index (χ1) is 11.5. The Kier molecular flexibility index (Phi) is 3.40. The summed E-state index contributed by atoms with van der Waals surface area (Å²) in [6.07, 6.45) is 3.06. The second-order valence-electron chi connectivity index (χ2n) is 6.70. The van der Waals surface area contributed by atoms with Crippen LogP contribution >= 0.6 is 0 Å². The number of aryl methyl sites for hydroxylation is 1. The third kappa shape index (κ3) is 2.38. The molecule has 2 saturated heterocycles. The Morgan fingerprint density at radius 3 is 2.50 bits per heavy atom. The van der Waals surface area contributed by atoms with Gasteiger partial charge < -0.3 is 19.8 Å². The summed E-state index contributed by atoms with van der Waals surface area (Å²) in [7, 11) is 0. The minimum atomic E-state index is -0.349. The van der Waals surface area contributed by atoms with Crippen molar-refractivity contribution in [1.82, 2.24) is 24.8 Å². The van der Waals surface area contributed by atoms with Crippen LogP contribution in [0.1, 0.15) is 21.7 Å². The van der Waals surface area contributed by atoms with Crippen molar-refractivity contribution in [2.75, 3.05) is 31.1 Å². The summed E-state index contributed by atoms with van der Waals surface area (Å²) in [5.74, 6) is 1.77. The van der Waals surface area contributed by atoms with Crippen LogP contribution in [0.2, 0.25) is 0 Å². The molecule has 24 heavy (non-hydrogen) atoms. The molecule has 2 atom stereocenters. The zero-order valence-electron chi connectivity index (χ0n) is 13.7. The molecule has 8 nitrogen and oxygen atoms in total. The number of anilines is 1. The van der Waals surface area contributed by atoms with Crippen molar-refractivity contribution < 1.29 is 4.79 Å². The number of imidazole rings is 1. The Bertz CT molecular complexity index is 827. The van der Waals surface area contributed by atoms with Gasteiger partial charge in [-0.05, 0) is 13.8 Å². The predicted octanol–water partition coefficient (Wildman–Crippen LogP) is 0.318. The topological polar surface area (TPSA) is 98.0 Å². The molecule has 2 aromatic heterocycles. The van der Waals surface area contributed by atoms with E-state index in [-0.39, 0.29) is 11.6 Å². The zero-order valence-corrected chi connectivity index (χ0v) is 13.7. The Morgan fingerprint density at radius 1 is 1.17 bits per heavy atom. The van der Waals surface area contributed by atoms with Crippen molar-refractivity contribution in [1.29, 1.82) is 0 Å². The van der Waals surface area contributed by atoms with E-state index in [0.29, 0.717) is 17.5 Å². The predicted molar refractivity (Wildman–Crippen MR) is 88.0 cm³/mol. The lowest BCUT2D eigenvalue weighted by atomic mass is 10.0. The Morgan fingerprint density at radius 2 is 1.88 bits per heavy atom. The summed E-state index contributed by atoms with van der Waals surface area (Å²) in [5.41, 5.74) is 2.11. The molecule has 2 aliphatic heterocycles. The summed E-state index contributed by atoms with van der Waals surface area (Å²) < 4.78 is 0. The van der Waals surface area contributed by atoms with Gasteiger partial charge in [-0.2, -0.15) is 0 Å². The molecule has 2 unspecified atom stereocenters. The summed E-state index contributed by atoms with van der Waals surface area (Å²) in [6.45, 7) is 7.28. The molecule has 0 aliphatic carbocycles. The first-order valence-electron chi connectivity index (χ1n) is 8.13. The van der Waals surface area contributed by atoms with E-state index in [1.54, 1.807) is 6.33 Å². The summed E-state index contributed by atoms with van der Waals surface area (Å²) in [4.78, 5) is 41.4. The molecular formula is C16H20N6O2. The molecule has 0 aromatic carbocycles. The van der Waals surface area contributed by atoms with E-state index in [9.17, 15) is 9.59 Å². The van der Waals surface area contributed by atoms with Crippen molar-refractivity contribution in [2.24, 2.45) is 11.8 Å². The van der Waals surface area contributed by atoms with E-state index >= 15 is 0 Å². The number of fused-ring (bicyclic) bond motifs is 1. The van der Waals surface area contributed by atoms with Gasteiger partial charge in [-0.3, -0.25) is 4.79 Å². The maximum atomic E-state index is 12.4. The van der Waals surface area contributed by atoms with Crippen molar-refractivity contribution in [3.05, 3.63) is 40.0 Å². The van der Waals surface area contributed by atoms with Gasteiger partial charge in [-0.15, -0.1) is 0 Å². The summed E-state index contributed by atoms with van der Waals surface area (Å²) in [6, 6.07) is 0. The third-order valence-corrected chi connectivity index (χ3v) is 5.21. The first-order valence-corrected chi connectivity index (χ1v) is 8.13. The number of amides is 1. The van der Waals surface area contributed by atoms with Crippen molar-refractivity contribution in [3.8, 4) is 0 Å². The lowest BCUT2D eigenvalue weighted by Crippen LogP contribution is -2.34. The highest BCUT2D eigenvalue weighted by Crippen LogP contribution is 2.34. The monoisotopic (exact) mass is 328 g/mol. The van der Waals surface area contributed by atoms with Gasteiger partial charge in [-0.1, -0.05) is 0 Å². The zero-order chi connectivity index (χ0) is 16.8. The van der Waals surface area contributed by atoms with Crippen LogP contribution in [0.25, 0.3) is 0 Å². The van der Waals surface area contributed by atoms with Crippen LogP contribution < -0.4 is 10.6 Å². The lowest BCUT2D eigenvalue weighted by molar-refractivity contribution is 0.0777. The molecule has 4 heterocycles. The number of hydrogen-bond acceptors (Lipinski definition) is 5. The average molecular weight is 328 g/mol. The van der Waals surface area contributed by atoms with Gasteiger partial charge in [0.05, 0.1) is 0 Å². The molecule has 2 fully saturated rings. The van der Waals surface area contributed by atoms with Crippen molar-refractivity contribution in [3.63, 3.8) is 0 Å². The summed E-state index contributed by atoms with van der Waals surface area (Å²) in [5, 5.41) is 0. The smallest absolute Gasteiger partial charge is 0.323 e. The normalized spacial score (nSPS) is 22.9. The van der Waals surface area contributed by atoms with Crippen molar-refractivity contribution >= 4 is 11.7 Å². The van der Waals surface area contributed by atoms with E-state index in [1.165, 1.54) is 6.20 Å². The molecule has 0 spiro atoms. The molecule has 0 radical (unpaired) electrons. The second-order valence-corrected chi connectivity index (χ2v) is 6.70. The molecule has 2 N–H and O–H groups in total. The molecule has 2 aromatic rings.